The zero-order valence-electron chi connectivity index (χ0n) is 12.4. The SMILES string of the molecule is CN(C(=O)c1ccc(Cl)c(N2CCNC2=O)c1)C1CCNC1. The van der Waals surface area contributed by atoms with Crippen LogP contribution in [0.25, 0.3) is 0 Å². The molecule has 2 aliphatic rings. The number of amides is 3. The highest BCUT2D eigenvalue weighted by Crippen LogP contribution is 2.29. The van der Waals surface area contributed by atoms with Crippen molar-refractivity contribution in [3.63, 3.8) is 0 Å². The van der Waals surface area contributed by atoms with Crippen LogP contribution in [0.4, 0.5) is 10.5 Å². The van der Waals surface area contributed by atoms with Crippen molar-refractivity contribution in [1.82, 2.24) is 15.5 Å². The summed E-state index contributed by atoms with van der Waals surface area (Å²) in [5.41, 5.74) is 1.13. The summed E-state index contributed by atoms with van der Waals surface area (Å²) in [6.07, 6.45) is 0.956. The molecular weight excluding hydrogens is 304 g/mol. The van der Waals surface area contributed by atoms with Crippen molar-refractivity contribution in [2.24, 2.45) is 0 Å². The van der Waals surface area contributed by atoms with E-state index in [1.165, 1.54) is 0 Å². The predicted octanol–water partition coefficient (Wildman–Crippen LogP) is 1.30. The average molecular weight is 323 g/mol. The summed E-state index contributed by atoms with van der Waals surface area (Å²) in [5.74, 6) is -0.0498. The molecule has 2 fully saturated rings. The van der Waals surface area contributed by atoms with E-state index in [2.05, 4.69) is 10.6 Å². The van der Waals surface area contributed by atoms with Crippen LogP contribution in [0.1, 0.15) is 16.8 Å². The van der Waals surface area contributed by atoms with Crippen LogP contribution in [-0.2, 0) is 0 Å². The minimum atomic E-state index is -0.181. The van der Waals surface area contributed by atoms with Crippen molar-refractivity contribution in [3.8, 4) is 0 Å². The molecule has 22 heavy (non-hydrogen) atoms. The number of halogens is 1. The maximum atomic E-state index is 12.6. The van der Waals surface area contributed by atoms with E-state index in [4.69, 9.17) is 11.6 Å². The van der Waals surface area contributed by atoms with E-state index in [0.29, 0.717) is 29.4 Å². The van der Waals surface area contributed by atoms with E-state index in [9.17, 15) is 9.59 Å². The minimum absolute atomic E-state index is 0.0498. The highest BCUT2D eigenvalue weighted by atomic mass is 35.5. The smallest absolute Gasteiger partial charge is 0.322 e. The van der Waals surface area contributed by atoms with Gasteiger partial charge in [-0.15, -0.1) is 0 Å². The Morgan fingerprint density at radius 1 is 1.41 bits per heavy atom. The molecule has 0 radical (unpaired) electrons. The molecule has 1 aromatic rings. The molecule has 0 bridgehead atoms. The monoisotopic (exact) mass is 322 g/mol. The summed E-state index contributed by atoms with van der Waals surface area (Å²) in [6, 6.07) is 5.12. The molecule has 3 amide bonds. The van der Waals surface area contributed by atoms with Crippen molar-refractivity contribution < 1.29 is 9.59 Å². The highest BCUT2D eigenvalue weighted by molar-refractivity contribution is 6.34. The number of hydrogen-bond donors (Lipinski definition) is 2. The number of nitrogens with one attached hydrogen (secondary N) is 2. The van der Waals surface area contributed by atoms with E-state index in [1.807, 2.05) is 7.05 Å². The van der Waals surface area contributed by atoms with Gasteiger partial charge in [-0.05, 0) is 31.2 Å². The first kappa shape index (κ1) is 15.1. The lowest BCUT2D eigenvalue weighted by molar-refractivity contribution is 0.0744. The number of benzene rings is 1. The van der Waals surface area contributed by atoms with Gasteiger partial charge in [0, 0.05) is 38.3 Å². The summed E-state index contributed by atoms with van der Waals surface area (Å²) < 4.78 is 0. The van der Waals surface area contributed by atoms with Crippen LogP contribution in [0.3, 0.4) is 0 Å². The summed E-state index contributed by atoms with van der Waals surface area (Å²) in [5, 5.41) is 6.46. The third kappa shape index (κ3) is 2.76. The molecule has 6 nitrogen and oxygen atoms in total. The Morgan fingerprint density at radius 3 is 2.86 bits per heavy atom. The third-order valence-corrected chi connectivity index (χ3v) is 4.56. The van der Waals surface area contributed by atoms with Gasteiger partial charge < -0.3 is 15.5 Å². The van der Waals surface area contributed by atoms with Gasteiger partial charge in [-0.25, -0.2) is 4.79 Å². The second-order valence-corrected chi connectivity index (χ2v) is 6.02. The molecular formula is C15H19ClN4O2. The van der Waals surface area contributed by atoms with E-state index < -0.39 is 0 Å². The lowest BCUT2D eigenvalue weighted by atomic mass is 10.1. The minimum Gasteiger partial charge on any atom is -0.337 e. The second-order valence-electron chi connectivity index (χ2n) is 5.61. The molecule has 0 saturated carbocycles. The molecule has 3 rings (SSSR count). The first-order valence-electron chi connectivity index (χ1n) is 7.40. The molecule has 0 aromatic heterocycles. The predicted molar refractivity (Wildman–Crippen MR) is 85.6 cm³/mol. The molecule has 2 aliphatic heterocycles. The fourth-order valence-electron chi connectivity index (χ4n) is 2.89. The Labute approximate surface area is 134 Å². The number of likely N-dealkylation sites (N-methyl/N-ethyl adjacent to an activating group) is 1. The van der Waals surface area contributed by atoms with Crippen LogP contribution in [0.5, 0.6) is 0 Å². The number of carbonyl (C=O) groups is 2. The van der Waals surface area contributed by atoms with Crippen molar-refractivity contribution in [3.05, 3.63) is 28.8 Å². The number of anilines is 1. The molecule has 1 atom stereocenters. The Hall–Kier alpha value is -1.79. The third-order valence-electron chi connectivity index (χ3n) is 4.24. The lowest BCUT2D eigenvalue weighted by Crippen LogP contribution is -2.38. The summed E-state index contributed by atoms with van der Waals surface area (Å²) >= 11 is 6.20. The topological polar surface area (TPSA) is 64.7 Å². The van der Waals surface area contributed by atoms with E-state index in [-0.39, 0.29) is 18.0 Å². The van der Waals surface area contributed by atoms with Crippen LogP contribution in [0.15, 0.2) is 18.2 Å². The van der Waals surface area contributed by atoms with Crippen molar-refractivity contribution >= 4 is 29.2 Å². The Balaban J connectivity index is 1.84. The molecule has 1 unspecified atom stereocenters. The van der Waals surface area contributed by atoms with E-state index >= 15 is 0 Å². The van der Waals surface area contributed by atoms with Gasteiger partial charge in [0.15, 0.2) is 0 Å². The number of carbonyl (C=O) groups excluding carboxylic acids is 2. The van der Waals surface area contributed by atoms with Gasteiger partial charge in [0.05, 0.1) is 10.7 Å². The molecule has 2 heterocycles. The van der Waals surface area contributed by atoms with Gasteiger partial charge >= 0.3 is 6.03 Å². The number of nitrogens with zero attached hydrogens (tertiary/aromatic N) is 2. The van der Waals surface area contributed by atoms with Crippen LogP contribution in [0.2, 0.25) is 5.02 Å². The number of urea groups is 1. The van der Waals surface area contributed by atoms with Gasteiger partial charge in [0.25, 0.3) is 5.91 Å². The van der Waals surface area contributed by atoms with Crippen molar-refractivity contribution in [2.75, 3.05) is 38.1 Å². The Kier molecular flexibility index (Phi) is 4.22. The zero-order valence-corrected chi connectivity index (χ0v) is 13.2. The first-order chi connectivity index (χ1) is 10.6. The van der Waals surface area contributed by atoms with E-state index in [1.54, 1.807) is 28.0 Å². The number of rotatable bonds is 3. The quantitative estimate of drug-likeness (QED) is 0.881. The number of hydrogen-bond acceptors (Lipinski definition) is 3. The van der Waals surface area contributed by atoms with Gasteiger partial charge in [0.1, 0.15) is 0 Å². The summed E-state index contributed by atoms with van der Waals surface area (Å²) in [6.45, 7) is 2.89. The van der Waals surface area contributed by atoms with Crippen LogP contribution in [0, 0.1) is 0 Å². The Morgan fingerprint density at radius 2 is 2.23 bits per heavy atom. The largest absolute Gasteiger partial charge is 0.337 e. The molecule has 2 N–H and O–H groups in total. The van der Waals surface area contributed by atoms with Crippen LogP contribution in [-0.4, -0.2) is 56.1 Å². The lowest BCUT2D eigenvalue weighted by Gasteiger charge is -2.24. The molecule has 7 heteroatoms. The molecule has 0 aliphatic carbocycles. The average Bonchev–Trinajstić information content (AvgIpc) is 3.18. The maximum absolute atomic E-state index is 12.6. The van der Waals surface area contributed by atoms with Crippen molar-refractivity contribution in [1.29, 1.82) is 0 Å². The first-order valence-corrected chi connectivity index (χ1v) is 7.78. The second kappa shape index (κ2) is 6.14. The van der Waals surface area contributed by atoms with Gasteiger partial charge in [0.2, 0.25) is 0 Å². The fraction of sp³-hybridized carbons (Fsp3) is 0.467. The van der Waals surface area contributed by atoms with Crippen LogP contribution >= 0.6 is 11.6 Å². The summed E-state index contributed by atoms with van der Waals surface area (Å²) in [4.78, 5) is 27.8. The van der Waals surface area contributed by atoms with Gasteiger partial charge in [-0.2, -0.15) is 0 Å². The standard InChI is InChI=1S/C15H19ClN4O2/c1-19(11-4-5-17-9-11)14(21)10-2-3-12(16)13(8-10)20-7-6-18-15(20)22/h2-3,8,11,17H,4-7,9H2,1H3,(H,18,22). The molecule has 118 valence electrons. The summed E-state index contributed by atoms with van der Waals surface area (Å²) in [7, 11) is 1.82. The van der Waals surface area contributed by atoms with Gasteiger partial charge in [-0.3, -0.25) is 9.69 Å². The Bertz CT molecular complexity index is 601. The van der Waals surface area contributed by atoms with Crippen molar-refractivity contribution in [2.45, 2.75) is 12.5 Å². The molecule has 1 aromatic carbocycles. The van der Waals surface area contributed by atoms with E-state index in [0.717, 1.165) is 19.5 Å². The van der Waals surface area contributed by atoms with Crippen LogP contribution < -0.4 is 15.5 Å². The highest BCUT2D eigenvalue weighted by Gasteiger charge is 2.27. The maximum Gasteiger partial charge on any atom is 0.322 e. The molecule has 2 saturated heterocycles. The normalized spacial score (nSPS) is 21.1. The zero-order chi connectivity index (χ0) is 15.7. The fourth-order valence-corrected chi connectivity index (χ4v) is 3.11. The molecule has 0 spiro atoms. The van der Waals surface area contributed by atoms with Gasteiger partial charge in [-0.1, -0.05) is 11.6 Å².